The van der Waals surface area contributed by atoms with Crippen molar-refractivity contribution in [3.05, 3.63) is 52.5 Å². The molecular weight excluding hydrogens is 262 g/mol. The topological polar surface area (TPSA) is 61.1 Å². The number of carbonyl (C=O) groups excluding carboxylic acids is 1. The number of halogens is 1. The summed E-state index contributed by atoms with van der Waals surface area (Å²) in [5.41, 5.74) is 1.25. The molecule has 2 rings (SSSR count). The number of Topliss-reactive ketones (excluding diaryl/α,β-unsaturated/α-hetero) is 1. The van der Waals surface area contributed by atoms with Gasteiger partial charge in [0, 0.05) is 17.2 Å². The number of hydrogen-bond donors (Lipinski definition) is 1. The smallest absolute Gasteiger partial charge is 0.161 e. The Bertz CT molecular complexity index is 688. The van der Waals surface area contributed by atoms with E-state index in [1.807, 2.05) is 12.1 Å². The highest BCUT2D eigenvalue weighted by Gasteiger charge is 2.21. The van der Waals surface area contributed by atoms with E-state index in [1.54, 1.807) is 24.3 Å². The summed E-state index contributed by atoms with van der Waals surface area (Å²) < 4.78 is 0. The molecule has 0 saturated heterocycles. The van der Waals surface area contributed by atoms with Gasteiger partial charge in [0.2, 0.25) is 0 Å². The Balaban J connectivity index is 2.88. The van der Waals surface area contributed by atoms with Gasteiger partial charge in [0.15, 0.2) is 5.78 Å². The molecule has 4 heteroatoms. The zero-order valence-corrected chi connectivity index (χ0v) is 10.9. The molecule has 0 aliphatic carbocycles. The van der Waals surface area contributed by atoms with Gasteiger partial charge in [0.25, 0.3) is 0 Å². The highest BCUT2D eigenvalue weighted by molar-refractivity contribution is 6.33. The van der Waals surface area contributed by atoms with Gasteiger partial charge in [-0.1, -0.05) is 41.9 Å². The van der Waals surface area contributed by atoms with Crippen molar-refractivity contribution in [1.29, 1.82) is 5.26 Å². The molecule has 2 aromatic rings. The normalized spacial score (nSPS) is 9.95. The van der Waals surface area contributed by atoms with Gasteiger partial charge in [-0.2, -0.15) is 5.26 Å². The van der Waals surface area contributed by atoms with E-state index in [0.717, 1.165) is 0 Å². The summed E-state index contributed by atoms with van der Waals surface area (Å²) in [6.45, 7) is 1.35. The maximum Gasteiger partial charge on any atom is 0.161 e. The minimum Gasteiger partial charge on any atom is -0.507 e. The average Bonchev–Trinajstić information content (AvgIpc) is 2.38. The largest absolute Gasteiger partial charge is 0.507 e. The summed E-state index contributed by atoms with van der Waals surface area (Å²) in [6, 6.07) is 12.1. The number of carbonyl (C=O) groups is 1. The molecule has 0 aromatic heterocycles. The van der Waals surface area contributed by atoms with Crippen molar-refractivity contribution in [1.82, 2.24) is 0 Å². The van der Waals surface area contributed by atoms with E-state index in [2.05, 4.69) is 0 Å². The predicted octanol–water partition coefficient (Wildman–Crippen LogP) is 3.79. The number of hydrogen-bond acceptors (Lipinski definition) is 3. The Morgan fingerprint density at radius 2 is 1.95 bits per heavy atom. The minimum absolute atomic E-state index is 0.0740. The molecule has 0 bridgehead atoms. The molecule has 0 aliphatic heterocycles. The third kappa shape index (κ3) is 2.31. The lowest BCUT2D eigenvalue weighted by atomic mass is 9.92. The molecular formula is C15H10ClNO2. The van der Waals surface area contributed by atoms with Crippen LogP contribution in [-0.4, -0.2) is 10.9 Å². The van der Waals surface area contributed by atoms with Crippen LogP contribution in [-0.2, 0) is 0 Å². The molecule has 0 saturated carbocycles. The maximum absolute atomic E-state index is 11.8. The second-order valence-electron chi connectivity index (χ2n) is 4.04. The van der Waals surface area contributed by atoms with Crippen LogP contribution >= 0.6 is 11.6 Å². The monoisotopic (exact) mass is 271 g/mol. The summed E-state index contributed by atoms with van der Waals surface area (Å²) in [4.78, 5) is 11.8. The second-order valence-corrected chi connectivity index (χ2v) is 4.44. The van der Waals surface area contributed by atoms with Gasteiger partial charge in [0.1, 0.15) is 11.8 Å². The van der Waals surface area contributed by atoms with Crippen LogP contribution in [0.5, 0.6) is 5.75 Å². The lowest BCUT2D eigenvalue weighted by molar-refractivity contribution is 0.101. The van der Waals surface area contributed by atoms with Crippen molar-refractivity contribution < 1.29 is 9.90 Å². The molecule has 3 nitrogen and oxygen atoms in total. The predicted molar refractivity (Wildman–Crippen MR) is 73.3 cm³/mol. The fraction of sp³-hybridized carbons (Fsp3) is 0.0667. The molecule has 2 aromatic carbocycles. The number of aromatic hydroxyl groups is 1. The summed E-state index contributed by atoms with van der Waals surface area (Å²) in [6.07, 6.45) is 0. The zero-order valence-electron chi connectivity index (χ0n) is 10.1. The van der Waals surface area contributed by atoms with Crippen molar-refractivity contribution in [2.24, 2.45) is 0 Å². The molecule has 0 radical (unpaired) electrons. The van der Waals surface area contributed by atoms with Crippen LogP contribution in [0.3, 0.4) is 0 Å². The van der Waals surface area contributed by atoms with Gasteiger partial charge >= 0.3 is 0 Å². The van der Waals surface area contributed by atoms with Gasteiger partial charge in [-0.3, -0.25) is 4.79 Å². The van der Waals surface area contributed by atoms with E-state index in [-0.39, 0.29) is 27.7 Å². The molecule has 0 aliphatic rings. The van der Waals surface area contributed by atoms with E-state index < -0.39 is 0 Å². The Morgan fingerprint density at radius 3 is 2.47 bits per heavy atom. The number of phenols is 1. The van der Waals surface area contributed by atoms with Gasteiger partial charge in [-0.25, -0.2) is 0 Å². The molecule has 1 N–H and O–H groups in total. The third-order valence-corrected chi connectivity index (χ3v) is 3.08. The van der Waals surface area contributed by atoms with Gasteiger partial charge in [-0.05, 0) is 12.5 Å². The third-order valence-electron chi connectivity index (χ3n) is 2.78. The first kappa shape index (κ1) is 13.1. The van der Waals surface area contributed by atoms with Gasteiger partial charge in [0.05, 0.1) is 10.6 Å². The molecule has 19 heavy (non-hydrogen) atoms. The molecule has 0 unspecified atom stereocenters. The quantitative estimate of drug-likeness (QED) is 0.846. The highest BCUT2D eigenvalue weighted by Crippen LogP contribution is 2.38. The van der Waals surface area contributed by atoms with E-state index in [4.69, 9.17) is 16.9 Å². The number of phenolic OH excluding ortho intramolecular Hbond substituents is 1. The van der Waals surface area contributed by atoms with Crippen LogP contribution in [0.15, 0.2) is 36.4 Å². The van der Waals surface area contributed by atoms with Gasteiger partial charge in [-0.15, -0.1) is 0 Å². The van der Waals surface area contributed by atoms with Crippen molar-refractivity contribution in [3.63, 3.8) is 0 Å². The molecule has 0 spiro atoms. The SMILES string of the molecule is CC(=O)c1c(C#N)c(Cl)cc(O)c1-c1ccccc1. The van der Waals surface area contributed by atoms with Crippen LogP contribution in [0.25, 0.3) is 11.1 Å². The zero-order chi connectivity index (χ0) is 14.0. The standard InChI is InChI=1S/C15H10ClNO2/c1-9(18)14-11(8-17)12(16)7-13(19)15(14)10-5-3-2-4-6-10/h2-7,19H,1H3. The summed E-state index contributed by atoms with van der Waals surface area (Å²) in [7, 11) is 0. The molecule has 0 heterocycles. The summed E-state index contributed by atoms with van der Waals surface area (Å²) in [5.74, 6) is -0.423. The Kier molecular flexibility index (Phi) is 3.55. The molecule has 0 atom stereocenters. The van der Waals surface area contributed by atoms with Crippen LogP contribution in [0.4, 0.5) is 0 Å². The van der Waals surface area contributed by atoms with E-state index >= 15 is 0 Å². The Hall–Kier alpha value is -2.31. The van der Waals surface area contributed by atoms with Crippen molar-refractivity contribution in [2.45, 2.75) is 6.92 Å². The maximum atomic E-state index is 11.8. The van der Waals surface area contributed by atoms with Crippen molar-refractivity contribution in [3.8, 4) is 22.9 Å². The number of nitriles is 1. The first-order valence-corrected chi connectivity index (χ1v) is 5.96. The minimum atomic E-state index is -0.312. The second kappa shape index (κ2) is 5.13. The van der Waals surface area contributed by atoms with E-state index in [0.29, 0.717) is 11.1 Å². The lowest BCUT2D eigenvalue weighted by Crippen LogP contribution is -2.02. The number of benzene rings is 2. The number of rotatable bonds is 2. The van der Waals surface area contributed by atoms with Crippen LogP contribution in [0.1, 0.15) is 22.8 Å². The molecule has 94 valence electrons. The first-order valence-electron chi connectivity index (χ1n) is 5.58. The summed E-state index contributed by atoms with van der Waals surface area (Å²) >= 11 is 5.90. The molecule has 0 amide bonds. The van der Waals surface area contributed by atoms with Crippen LogP contribution < -0.4 is 0 Å². The van der Waals surface area contributed by atoms with E-state index in [1.165, 1.54) is 13.0 Å². The fourth-order valence-electron chi connectivity index (χ4n) is 2.00. The van der Waals surface area contributed by atoms with E-state index in [9.17, 15) is 9.90 Å². The van der Waals surface area contributed by atoms with Crippen LogP contribution in [0, 0.1) is 11.3 Å². The molecule has 0 fully saturated rings. The number of nitrogens with zero attached hydrogens (tertiary/aromatic N) is 1. The first-order chi connectivity index (χ1) is 9.06. The highest BCUT2D eigenvalue weighted by atomic mass is 35.5. The van der Waals surface area contributed by atoms with Crippen molar-refractivity contribution in [2.75, 3.05) is 0 Å². The Labute approximate surface area is 115 Å². The average molecular weight is 272 g/mol. The lowest BCUT2D eigenvalue weighted by Gasteiger charge is -2.12. The summed E-state index contributed by atoms with van der Waals surface area (Å²) in [5, 5.41) is 19.3. The van der Waals surface area contributed by atoms with Gasteiger partial charge < -0.3 is 5.11 Å². The van der Waals surface area contributed by atoms with Crippen LogP contribution in [0.2, 0.25) is 5.02 Å². The fourth-order valence-corrected chi connectivity index (χ4v) is 2.24. The Morgan fingerprint density at radius 1 is 1.32 bits per heavy atom. The van der Waals surface area contributed by atoms with Crippen molar-refractivity contribution >= 4 is 17.4 Å². The number of ketones is 1.